The number of amides is 1. The molecule has 0 atom stereocenters. The Balaban J connectivity index is 1.43. The number of hydrogen-bond acceptors (Lipinski definition) is 6. The number of aromatic amines is 2. The molecule has 0 aliphatic carbocycles. The number of nitrogens with zero attached hydrogens (tertiary/aromatic N) is 2. The molecule has 2 heterocycles. The molecule has 5 rings (SSSR count). The average Bonchev–Trinajstić information content (AvgIpc) is 3.50. The number of methoxy groups -OCH3 is 2. The van der Waals surface area contributed by atoms with E-state index in [2.05, 4.69) is 30.8 Å². The number of nitrogens with one attached hydrogen (secondary N) is 4. The van der Waals surface area contributed by atoms with Gasteiger partial charge in [0.15, 0.2) is 17.3 Å². The Bertz CT molecular complexity index is 1420. The van der Waals surface area contributed by atoms with Crippen molar-refractivity contribution in [1.29, 1.82) is 0 Å². The summed E-state index contributed by atoms with van der Waals surface area (Å²) in [5.41, 5.74) is 4.58. The van der Waals surface area contributed by atoms with Gasteiger partial charge in [-0.2, -0.15) is 5.10 Å². The largest absolute Gasteiger partial charge is 0.493 e. The van der Waals surface area contributed by atoms with Crippen LogP contribution in [0, 0.1) is 0 Å². The van der Waals surface area contributed by atoms with Crippen molar-refractivity contribution in [3.8, 4) is 23.0 Å². The van der Waals surface area contributed by atoms with Gasteiger partial charge in [0.25, 0.3) is 5.91 Å². The normalized spacial score (nSPS) is 10.8. The van der Waals surface area contributed by atoms with Crippen molar-refractivity contribution in [1.82, 2.24) is 20.2 Å². The second kappa shape index (κ2) is 8.99. The van der Waals surface area contributed by atoms with Crippen molar-refractivity contribution in [2.45, 2.75) is 0 Å². The number of anilines is 3. The van der Waals surface area contributed by atoms with Crippen LogP contribution in [0.5, 0.6) is 11.5 Å². The van der Waals surface area contributed by atoms with E-state index >= 15 is 0 Å². The summed E-state index contributed by atoms with van der Waals surface area (Å²) >= 11 is 0. The summed E-state index contributed by atoms with van der Waals surface area (Å²) in [6, 6.07) is 20.6. The molecule has 34 heavy (non-hydrogen) atoms. The second-order valence-corrected chi connectivity index (χ2v) is 7.46. The van der Waals surface area contributed by atoms with Crippen LogP contribution >= 0.6 is 0 Å². The molecule has 1 amide bonds. The van der Waals surface area contributed by atoms with Gasteiger partial charge in [0, 0.05) is 17.8 Å². The standard InChI is InChI=1S/C25H22N6O3/c1-33-21-12-18-19(13-22(21)34-2)29-24(28-18)23-20(14-26-31-23)30-25(32)16-10-6-7-11-17(16)27-15-8-4-3-5-9-15/h3-14,27H,1-2H3,(H,26,31)(H,28,29)(H,30,32). The SMILES string of the molecule is COc1cc2nc(-c3[nH]ncc3NC(=O)c3ccccc3Nc3ccccc3)[nH]c2cc1OC. The van der Waals surface area contributed by atoms with E-state index in [0.29, 0.717) is 45.5 Å². The van der Waals surface area contributed by atoms with Gasteiger partial charge < -0.3 is 25.1 Å². The van der Waals surface area contributed by atoms with E-state index in [1.807, 2.05) is 54.6 Å². The van der Waals surface area contributed by atoms with Gasteiger partial charge in [-0.05, 0) is 24.3 Å². The number of H-pyrrole nitrogens is 2. The third-order valence-electron chi connectivity index (χ3n) is 5.34. The zero-order valence-electron chi connectivity index (χ0n) is 18.5. The number of fused-ring (bicyclic) bond motifs is 1. The molecule has 2 aromatic heterocycles. The zero-order chi connectivity index (χ0) is 23.5. The molecule has 0 bridgehead atoms. The highest BCUT2D eigenvalue weighted by Gasteiger charge is 2.18. The molecular weight excluding hydrogens is 432 g/mol. The Morgan fingerprint density at radius 2 is 1.65 bits per heavy atom. The van der Waals surface area contributed by atoms with E-state index < -0.39 is 0 Å². The van der Waals surface area contributed by atoms with Gasteiger partial charge in [0.05, 0.1) is 48.4 Å². The molecule has 0 radical (unpaired) electrons. The Hall–Kier alpha value is -4.79. The third-order valence-corrected chi connectivity index (χ3v) is 5.34. The highest BCUT2D eigenvalue weighted by Crippen LogP contribution is 2.33. The van der Waals surface area contributed by atoms with Crippen molar-refractivity contribution in [2.75, 3.05) is 24.9 Å². The zero-order valence-corrected chi connectivity index (χ0v) is 18.5. The highest BCUT2D eigenvalue weighted by molar-refractivity contribution is 6.09. The summed E-state index contributed by atoms with van der Waals surface area (Å²) in [6.07, 6.45) is 1.55. The molecule has 5 aromatic rings. The van der Waals surface area contributed by atoms with Crippen LogP contribution in [0.2, 0.25) is 0 Å². The van der Waals surface area contributed by atoms with E-state index in [9.17, 15) is 4.79 Å². The van der Waals surface area contributed by atoms with Crippen LogP contribution in [0.3, 0.4) is 0 Å². The molecule has 170 valence electrons. The first kappa shape index (κ1) is 21.1. The minimum atomic E-state index is -0.277. The molecule has 9 heteroatoms. The quantitative estimate of drug-likeness (QED) is 0.276. The maximum atomic E-state index is 13.2. The van der Waals surface area contributed by atoms with Crippen LogP contribution in [0.1, 0.15) is 10.4 Å². The fourth-order valence-electron chi connectivity index (χ4n) is 3.67. The molecule has 0 saturated carbocycles. The van der Waals surface area contributed by atoms with Crippen molar-refractivity contribution < 1.29 is 14.3 Å². The predicted molar refractivity (Wildman–Crippen MR) is 131 cm³/mol. The van der Waals surface area contributed by atoms with Gasteiger partial charge in [-0.1, -0.05) is 30.3 Å². The molecule has 0 spiro atoms. The fourth-order valence-corrected chi connectivity index (χ4v) is 3.67. The number of hydrogen-bond donors (Lipinski definition) is 4. The number of imidazole rings is 1. The molecule has 0 fully saturated rings. The number of ether oxygens (including phenoxy) is 2. The number of benzene rings is 3. The number of carbonyl (C=O) groups excluding carboxylic acids is 1. The smallest absolute Gasteiger partial charge is 0.257 e. The molecule has 3 aromatic carbocycles. The summed E-state index contributed by atoms with van der Waals surface area (Å²) in [5, 5.41) is 13.3. The molecule has 0 saturated heterocycles. The minimum absolute atomic E-state index is 0.277. The molecule has 0 aliphatic rings. The van der Waals surface area contributed by atoms with Crippen LogP contribution in [-0.2, 0) is 0 Å². The summed E-state index contributed by atoms with van der Waals surface area (Å²) in [7, 11) is 3.15. The van der Waals surface area contributed by atoms with Gasteiger partial charge in [0.1, 0.15) is 5.69 Å². The van der Waals surface area contributed by atoms with Crippen LogP contribution in [0.4, 0.5) is 17.1 Å². The molecule has 9 nitrogen and oxygen atoms in total. The number of carbonyl (C=O) groups is 1. The summed E-state index contributed by atoms with van der Waals surface area (Å²) in [6.45, 7) is 0. The van der Waals surface area contributed by atoms with E-state index in [-0.39, 0.29) is 5.91 Å². The Labute approximate surface area is 195 Å². The maximum absolute atomic E-state index is 13.2. The van der Waals surface area contributed by atoms with Crippen LogP contribution < -0.4 is 20.1 Å². The lowest BCUT2D eigenvalue weighted by Crippen LogP contribution is -2.14. The summed E-state index contributed by atoms with van der Waals surface area (Å²) in [5.74, 6) is 1.41. The first-order valence-corrected chi connectivity index (χ1v) is 10.5. The first-order chi connectivity index (χ1) is 16.7. The maximum Gasteiger partial charge on any atom is 0.257 e. The average molecular weight is 454 g/mol. The lowest BCUT2D eigenvalue weighted by molar-refractivity contribution is 0.102. The minimum Gasteiger partial charge on any atom is -0.493 e. The fraction of sp³-hybridized carbons (Fsp3) is 0.0800. The molecule has 4 N–H and O–H groups in total. The highest BCUT2D eigenvalue weighted by atomic mass is 16.5. The van der Waals surface area contributed by atoms with Gasteiger partial charge in [-0.3, -0.25) is 9.89 Å². The van der Waals surface area contributed by atoms with Crippen molar-refractivity contribution in [3.05, 3.63) is 78.5 Å². The van der Waals surface area contributed by atoms with E-state index in [4.69, 9.17) is 9.47 Å². The monoisotopic (exact) mass is 454 g/mol. The Morgan fingerprint density at radius 1 is 0.912 bits per heavy atom. The van der Waals surface area contributed by atoms with Crippen LogP contribution in [0.15, 0.2) is 72.9 Å². The van der Waals surface area contributed by atoms with Crippen molar-refractivity contribution >= 4 is 34.0 Å². The second-order valence-electron chi connectivity index (χ2n) is 7.46. The van der Waals surface area contributed by atoms with Gasteiger partial charge in [-0.25, -0.2) is 4.98 Å². The first-order valence-electron chi connectivity index (χ1n) is 10.5. The predicted octanol–water partition coefficient (Wildman–Crippen LogP) is 4.97. The topological polar surface area (TPSA) is 117 Å². The summed E-state index contributed by atoms with van der Waals surface area (Å²) in [4.78, 5) is 21.1. The molecule has 0 aliphatic heterocycles. The third kappa shape index (κ3) is 4.02. The molecule has 0 unspecified atom stereocenters. The Morgan fingerprint density at radius 3 is 2.44 bits per heavy atom. The van der Waals surface area contributed by atoms with E-state index in [1.165, 1.54) is 0 Å². The number of para-hydroxylation sites is 2. The lowest BCUT2D eigenvalue weighted by atomic mass is 10.1. The molecular formula is C25H22N6O3. The van der Waals surface area contributed by atoms with E-state index in [0.717, 1.165) is 11.2 Å². The Kier molecular flexibility index (Phi) is 5.57. The van der Waals surface area contributed by atoms with Crippen LogP contribution in [-0.4, -0.2) is 40.3 Å². The summed E-state index contributed by atoms with van der Waals surface area (Å²) < 4.78 is 10.7. The van der Waals surface area contributed by atoms with Crippen molar-refractivity contribution in [3.63, 3.8) is 0 Å². The van der Waals surface area contributed by atoms with E-state index in [1.54, 1.807) is 32.5 Å². The van der Waals surface area contributed by atoms with Gasteiger partial charge in [-0.15, -0.1) is 0 Å². The van der Waals surface area contributed by atoms with Gasteiger partial charge >= 0.3 is 0 Å². The number of aromatic nitrogens is 4. The number of rotatable bonds is 7. The lowest BCUT2D eigenvalue weighted by Gasteiger charge is -2.12. The van der Waals surface area contributed by atoms with Crippen molar-refractivity contribution in [2.24, 2.45) is 0 Å². The van der Waals surface area contributed by atoms with Gasteiger partial charge in [0.2, 0.25) is 0 Å². The van der Waals surface area contributed by atoms with Crippen LogP contribution in [0.25, 0.3) is 22.6 Å².